The Labute approximate surface area is 65.8 Å². The molecule has 11 heavy (non-hydrogen) atoms. The van der Waals surface area contributed by atoms with Crippen LogP contribution in [-0.4, -0.2) is 16.8 Å². The predicted octanol–water partition coefficient (Wildman–Crippen LogP) is 1.38. The molecule has 0 saturated heterocycles. The van der Waals surface area contributed by atoms with Crippen molar-refractivity contribution >= 4 is 0 Å². The van der Waals surface area contributed by atoms with E-state index in [4.69, 9.17) is 15.9 Å². The van der Waals surface area contributed by atoms with E-state index in [2.05, 4.69) is 0 Å². The summed E-state index contributed by atoms with van der Waals surface area (Å²) in [5.41, 5.74) is 6.45. The van der Waals surface area contributed by atoms with Crippen LogP contribution in [0, 0.1) is 0 Å². The van der Waals surface area contributed by atoms with E-state index in [0.29, 0.717) is 13.0 Å². The Morgan fingerprint density at radius 3 is 2.64 bits per heavy atom. The Morgan fingerprint density at radius 1 is 1.36 bits per heavy atom. The van der Waals surface area contributed by atoms with Gasteiger partial charge in [-0.3, -0.25) is 0 Å². The van der Waals surface area contributed by atoms with Gasteiger partial charge in [-0.05, 0) is 25.5 Å². The summed E-state index contributed by atoms with van der Waals surface area (Å²) in [6.45, 7) is 0.597. The lowest BCUT2D eigenvalue weighted by Crippen LogP contribution is -2.04. The summed E-state index contributed by atoms with van der Waals surface area (Å²) in [5, 5.41) is 18.1. The van der Waals surface area contributed by atoms with Crippen LogP contribution in [0.1, 0.15) is 19.3 Å². The third-order valence-electron chi connectivity index (χ3n) is 1.78. The quantitative estimate of drug-likeness (QED) is 0.564. The maximum Gasteiger partial charge on any atom is 0.152 e. The maximum atomic E-state index is 9.09. The van der Waals surface area contributed by atoms with Crippen LogP contribution in [0.2, 0.25) is 0 Å². The molecule has 0 aromatic heterocycles. The first-order valence-electron chi connectivity index (χ1n) is 3.74. The fourth-order valence-corrected chi connectivity index (χ4v) is 1.14. The lowest BCUT2D eigenvalue weighted by atomic mass is 10.00. The van der Waals surface area contributed by atoms with Gasteiger partial charge in [-0.25, -0.2) is 0 Å². The molecule has 0 heterocycles. The van der Waals surface area contributed by atoms with Gasteiger partial charge in [-0.2, -0.15) is 0 Å². The van der Waals surface area contributed by atoms with Gasteiger partial charge in [0.15, 0.2) is 5.76 Å². The SMILES string of the molecule is NCCC1=CC(O)=C(O)CC1. The van der Waals surface area contributed by atoms with Gasteiger partial charge in [-0.1, -0.05) is 5.57 Å². The van der Waals surface area contributed by atoms with Gasteiger partial charge in [0.25, 0.3) is 0 Å². The zero-order chi connectivity index (χ0) is 8.27. The van der Waals surface area contributed by atoms with Crippen molar-refractivity contribution in [3.63, 3.8) is 0 Å². The van der Waals surface area contributed by atoms with Crippen molar-refractivity contribution in [2.24, 2.45) is 5.73 Å². The van der Waals surface area contributed by atoms with Crippen LogP contribution in [0.25, 0.3) is 0 Å². The van der Waals surface area contributed by atoms with Gasteiger partial charge in [0.05, 0.1) is 0 Å². The first-order chi connectivity index (χ1) is 5.24. The van der Waals surface area contributed by atoms with Crippen molar-refractivity contribution in [2.45, 2.75) is 19.3 Å². The molecule has 0 spiro atoms. The summed E-state index contributed by atoms with van der Waals surface area (Å²) < 4.78 is 0. The Morgan fingerprint density at radius 2 is 2.09 bits per heavy atom. The van der Waals surface area contributed by atoms with Crippen molar-refractivity contribution in [3.8, 4) is 0 Å². The Kier molecular flexibility index (Phi) is 2.54. The van der Waals surface area contributed by atoms with E-state index in [9.17, 15) is 0 Å². The van der Waals surface area contributed by atoms with Crippen molar-refractivity contribution in [3.05, 3.63) is 23.2 Å². The number of nitrogens with two attached hydrogens (primary N) is 1. The Hall–Kier alpha value is -0.960. The summed E-state index contributed by atoms with van der Waals surface area (Å²) in [4.78, 5) is 0. The molecular formula is C8H13NO2. The fourth-order valence-electron chi connectivity index (χ4n) is 1.14. The molecular weight excluding hydrogens is 142 g/mol. The molecule has 4 N–H and O–H groups in total. The van der Waals surface area contributed by atoms with E-state index in [1.165, 1.54) is 0 Å². The van der Waals surface area contributed by atoms with Gasteiger partial charge < -0.3 is 15.9 Å². The van der Waals surface area contributed by atoms with E-state index in [1.807, 2.05) is 0 Å². The summed E-state index contributed by atoms with van der Waals surface area (Å²) in [7, 11) is 0. The van der Waals surface area contributed by atoms with Crippen molar-refractivity contribution in [1.29, 1.82) is 0 Å². The molecule has 1 rings (SSSR count). The standard InChI is InChI=1S/C8H13NO2/c9-4-3-6-1-2-7(10)8(11)5-6/h5,10-11H,1-4,9H2. The number of rotatable bonds is 2. The zero-order valence-corrected chi connectivity index (χ0v) is 6.38. The summed E-state index contributed by atoms with van der Waals surface area (Å²) >= 11 is 0. The van der Waals surface area contributed by atoms with E-state index >= 15 is 0 Å². The largest absolute Gasteiger partial charge is 0.508 e. The molecule has 1 aliphatic rings. The normalized spacial score (nSPS) is 18.5. The van der Waals surface area contributed by atoms with Gasteiger partial charge in [0, 0.05) is 6.42 Å². The molecule has 0 aliphatic heterocycles. The lowest BCUT2D eigenvalue weighted by molar-refractivity contribution is 0.316. The molecule has 0 saturated carbocycles. The predicted molar refractivity (Wildman–Crippen MR) is 43.3 cm³/mol. The molecule has 0 bridgehead atoms. The zero-order valence-electron chi connectivity index (χ0n) is 6.38. The molecule has 0 aromatic rings. The molecule has 3 heteroatoms. The number of aliphatic hydroxyl groups excluding tert-OH is 2. The van der Waals surface area contributed by atoms with Gasteiger partial charge >= 0.3 is 0 Å². The van der Waals surface area contributed by atoms with Crippen LogP contribution >= 0.6 is 0 Å². The molecule has 0 atom stereocenters. The highest BCUT2D eigenvalue weighted by atomic mass is 16.3. The smallest absolute Gasteiger partial charge is 0.152 e. The second kappa shape index (κ2) is 3.44. The third kappa shape index (κ3) is 1.98. The molecule has 0 amide bonds. The molecule has 0 radical (unpaired) electrons. The van der Waals surface area contributed by atoms with Crippen LogP contribution in [0.15, 0.2) is 23.2 Å². The summed E-state index contributed by atoms with van der Waals surface area (Å²) in [5.74, 6) is 0.0884. The maximum absolute atomic E-state index is 9.09. The van der Waals surface area contributed by atoms with Crippen molar-refractivity contribution < 1.29 is 10.2 Å². The summed E-state index contributed by atoms with van der Waals surface area (Å²) in [6.07, 6.45) is 3.76. The van der Waals surface area contributed by atoms with Crippen LogP contribution in [0.4, 0.5) is 0 Å². The second-order valence-corrected chi connectivity index (χ2v) is 2.67. The molecule has 3 nitrogen and oxygen atoms in total. The van der Waals surface area contributed by atoms with Gasteiger partial charge in [-0.15, -0.1) is 0 Å². The molecule has 62 valence electrons. The van der Waals surface area contributed by atoms with Crippen molar-refractivity contribution in [2.75, 3.05) is 6.54 Å². The minimum atomic E-state index is -0.000278. The van der Waals surface area contributed by atoms with Gasteiger partial charge in [0.1, 0.15) is 5.76 Å². The highest BCUT2D eigenvalue weighted by molar-refractivity contribution is 5.25. The molecule has 1 aliphatic carbocycles. The Bertz CT molecular complexity index is 202. The van der Waals surface area contributed by atoms with E-state index in [1.54, 1.807) is 6.08 Å². The van der Waals surface area contributed by atoms with Crippen LogP contribution < -0.4 is 5.73 Å². The van der Waals surface area contributed by atoms with Gasteiger partial charge in [0.2, 0.25) is 0 Å². The second-order valence-electron chi connectivity index (χ2n) is 2.67. The Balaban J connectivity index is 2.64. The molecule has 0 aromatic carbocycles. The van der Waals surface area contributed by atoms with E-state index in [-0.39, 0.29) is 11.5 Å². The first-order valence-corrected chi connectivity index (χ1v) is 3.74. The van der Waals surface area contributed by atoms with Crippen molar-refractivity contribution in [1.82, 2.24) is 0 Å². The fraction of sp³-hybridized carbons (Fsp3) is 0.500. The third-order valence-corrected chi connectivity index (χ3v) is 1.78. The highest BCUT2D eigenvalue weighted by Crippen LogP contribution is 2.21. The number of hydrogen-bond acceptors (Lipinski definition) is 3. The van der Waals surface area contributed by atoms with E-state index < -0.39 is 0 Å². The monoisotopic (exact) mass is 155 g/mol. The van der Waals surface area contributed by atoms with E-state index in [0.717, 1.165) is 18.4 Å². The van der Waals surface area contributed by atoms with Crippen LogP contribution in [-0.2, 0) is 0 Å². The lowest BCUT2D eigenvalue weighted by Gasteiger charge is -2.11. The highest BCUT2D eigenvalue weighted by Gasteiger charge is 2.10. The minimum Gasteiger partial charge on any atom is -0.508 e. The molecule has 0 unspecified atom stereocenters. The minimum absolute atomic E-state index is 0.000278. The van der Waals surface area contributed by atoms with Crippen LogP contribution in [0.3, 0.4) is 0 Å². The average Bonchev–Trinajstić information content (AvgIpc) is 1.98. The summed E-state index contributed by atoms with van der Waals surface area (Å²) in [6, 6.07) is 0. The first kappa shape index (κ1) is 8.14. The number of aliphatic hydroxyl groups is 2. The average molecular weight is 155 g/mol. The molecule has 0 fully saturated rings. The van der Waals surface area contributed by atoms with Crippen LogP contribution in [0.5, 0.6) is 0 Å². The number of hydrogen-bond donors (Lipinski definition) is 3. The topological polar surface area (TPSA) is 66.5 Å². The number of allylic oxidation sites excluding steroid dienone is 2.